The molecule has 2 saturated carbocycles. The smallest absolute Gasteiger partial charge is 0.393 e. The van der Waals surface area contributed by atoms with Crippen LogP contribution in [-0.4, -0.2) is 68.2 Å². The molecule has 3 atom stereocenters. The quantitative estimate of drug-likeness (QED) is 0.452. The van der Waals surface area contributed by atoms with E-state index in [1.165, 1.54) is 6.20 Å². The Morgan fingerprint density at radius 2 is 1.79 bits per heavy atom. The molecule has 2 aliphatic heterocycles. The molecule has 4 aliphatic rings. The Bertz CT molecular complexity index is 1260. The lowest BCUT2D eigenvalue weighted by Crippen LogP contribution is -2.38. The molecule has 0 aromatic carbocycles. The molecular formula is C27H32F3N5O3S. The number of aliphatic hydroxyl groups is 1. The van der Waals surface area contributed by atoms with Crippen LogP contribution >= 0.6 is 11.3 Å². The molecule has 6 rings (SSSR count). The SMILES string of the molecule is Cc1cc(N[C@@H](C2CC2)C(F)(F)F)ncc1-c1sc(C(=O)N[C@@H]2CC[C@@H](O)C2)nc1C(=O)N1C2CCC1CC2. The van der Waals surface area contributed by atoms with E-state index in [1.807, 2.05) is 4.90 Å². The predicted octanol–water partition coefficient (Wildman–Crippen LogP) is 4.68. The molecule has 0 spiro atoms. The van der Waals surface area contributed by atoms with Crippen molar-refractivity contribution in [3.05, 3.63) is 28.5 Å². The van der Waals surface area contributed by atoms with Gasteiger partial charge in [0.2, 0.25) is 0 Å². The second-order valence-corrected chi connectivity index (χ2v) is 12.4. The number of amides is 2. The van der Waals surface area contributed by atoms with Crippen LogP contribution in [0.25, 0.3) is 10.4 Å². The first kappa shape index (κ1) is 26.5. The van der Waals surface area contributed by atoms with Crippen LogP contribution in [0.5, 0.6) is 0 Å². The highest BCUT2D eigenvalue weighted by atomic mass is 32.1. The normalized spacial score (nSPS) is 27.2. The molecule has 0 radical (unpaired) electrons. The second-order valence-electron chi connectivity index (χ2n) is 11.4. The van der Waals surface area contributed by atoms with E-state index in [4.69, 9.17) is 0 Å². The van der Waals surface area contributed by atoms with Crippen LogP contribution in [0.1, 0.15) is 83.6 Å². The fourth-order valence-electron chi connectivity index (χ4n) is 6.38. The highest BCUT2D eigenvalue weighted by Gasteiger charge is 2.49. The Balaban J connectivity index is 1.31. The van der Waals surface area contributed by atoms with E-state index in [1.54, 1.807) is 13.0 Å². The van der Waals surface area contributed by atoms with Gasteiger partial charge in [-0.2, -0.15) is 13.2 Å². The Labute approximate surface area is 228 Å². The number of anilines is 1. The lowest BCUT2D eigenvalue weighted by Gasteiger charge is -2.23. The van der Waals surface area contributed by atoms with Crippen molar-refractivity contribution in [1.29, 1.82) is 0 Å². The minimum absolute atomic E-state index is 0.123. The van der Waals surface area contributed by atoms with Crippen molar-refractivity contribution in [1.82, 2.24) is 20.2 Å². The van der Waals surface area contributed by atoms with Crippen molar-refractivity contribution in [2.24, 2.45) is 5.92 Å². The summed E-state index contributed by atoms with van der Waals surface area (Å²) in [5.74, 6) is -0.937. The van der Waals surface area contributed by atoms with Gasteiger partial charge in [0.05, 0.1) is 11.0 Å². The lowest BCUT2D eigenvalue weighted by atomic mass is 10.0. The number of hydrogen-bond donors (Lipinski definition) is 3. The molecule has 4 heterocycles. The van der Waals surface area contributed by atoms with Gasteiger partial charge in [0.1, 0.15) is 17.6 Å². The van der Waals surface area contributed by atoms with Crippen LogP contribution in [0.4, 0.5) is 19.0 Å². The van der Waals surface area contributed by atoms with Crippen molar-refractivity contribution < 1.29 is 27.9 Å². The number of carbonyl (C=O) groups excluding carboxylic acids is 2. The summed E-state index contributed by atoms with van der Waals surface area (Å²) in [5.41, 5.74) is 1.39. The van der Waals surface area contributed by atoms with Crippen LogP contribution in [0.3, 0.4) is 0 Å². The highest BCUT2D eigenvalue weighted by molar-refractivity contribution is 7.17. The van der Waals surface area contributed by atoms with Crippen LogP contribution < -0.4 is 10.6 Å². The minimum Gasteiger partial charge on any atom is -0.393 e. The van der Waals surface area contributed by atoms with Gasteiger partial charge in [-0.3, -0.25) is 9.59 Å². The molecule has 2 amide bonds. The molecule has 2 aromatic rings. The third kappa shape index (κ3) is 5.25. The number of fused-ring (bicyclic) bond motifs is 2. The number of nitrogens with one attached hydrogen (secondary N) is 2. The maximum absolute atomic E-state index is 13.8. The van der Waals surface area contributed by atoms with E-state index in [9.17, 15) is 27.9 Å². The van der Waals surface area contributed by atoms with Crippen molar-refractivity contribution >= 4 is 29.0 Å². The van der Waals surface area contributed by atoms with Crippen molar-refractivity contribution in [3.8, 4) is 10.4 Å². The molecule has 12 heteroatoms. The van der Waals surface area contributed by atoms with Crippen molar-refractivity contribution in [2.75, 3.05) is 5.32 Å². The Hall–Kier alpha value is -2.73. The predicted molar refractivity (Wildman–Crippen MR) is 140 cm³/mol. The van der Waals surface area contributed by atoms with Gasteiger partial charge >= 0.3 is 6.18 Å². The third-order valence-corrected chi connectivity index (χ3v) is 9.64. The Morgan fingerprint density at radius 3 is 2.36 bits per heavy atom. The van der Waals surface area contributed by atoms with Gasteiger partial charge in [0.15, 0.2) is 5.01 Å². The molecule has 2 bridgehead atoms. The lowest BCUT2D eigenvalue weighted by molar-refractivity contribution is -0.146. The van der Waals surface area contributed by atoms with Crippen LogP contribution in [0.2, 0.25) is 0 Å². The molecule has 39 heavy (non-hydrogen) atoms. The number of pyridine rings is 1. The number of nitrogens with zero attached hydrogens (tertiary/aromatic N) is 3. The van der Waals surface area contributed by atoms with Gasteiger partial charge in [0, 0.05) is 29.9 Å². The van der Waals surface area contributed by atoms with Crippen LogP contribution in [-0.2, 0) is 0 Å². The maximum Gasteiger partial charge on any atom is 0.408 e. The molecule has 210 valence electrons. The fourth-order valence-corrected chi connectivity index (χ4v) is 7.41. The van der Waals surface area contributed by atoms with Gasteiger partial charge < -0.3 is 20.6 Å². The number of halogens is 3. The molecule has 3 N–H and O–H groups in total. The fraction of sp³-hybridized carbons (Fsp3) is 0.630. The molecule has 4 fully saturated rings. The van der Waals surface area contributed by atoms with Crippen molar-refractivity contribution in [2.45, 2.75) is 101 Å². The van der Waals surface area contributed by atoms with Gasteiger partial charge in [-0.05, 0) is 82.3 Å². The maximum atomic E-state index is 13.8. The molecule has 8 nitrogen and oxygen atoms in total. The van der Waals surface area contributed by atoms with Crippen molar-refractivity contribution in [3.63, 3.8) is 0 Å². The van der Waals surface area contributed by atoms with E-state index in [0.29, 0.717) is 48.1 Å². The monoisotopic (exact) mass is 563 g/mol. The van der Waals surface area contributed by atoms with E-state index in [-0.39, 0.29) is 40.6 Å². The summed E-state index contributed by atoms with van der Waals surface area (Å²) in [7, 11) is 0. The number of hydrogen-bond acceptors (Lipinski definition) is 7. The third-order valence-electron chi connectivity index (χ3n) is 8.56. The molecule has 2 saturated heterocycles. The largest absolute Gasteiger partial charge is 0.408 e. The second kappa shape index (κ2) is 10.0. The summed E-state index contributed by atoms with van der Waals surface area (Å²) >= 11 is 1.09. The summed E-state index contributed by atoms with van der Waals surface area (Å²) in [6.45, 7) is 1.76. The summed E-state index contributed by atoms with van der Waals surface area (Å²) in [4.78, 5) is 38.1. The zero-order valence-corrected chi connectivity index (χ0v) is 22.4. The van der Waals surface area contributed by atoms with E-state index < -0.39 is 30.1 Å². The number of rotatable bonds is 7. The van der Waals surface area contributed by atoms with Crippen LogP contribution in [0, 0.1) is 12.8 Å². The molecule has 2 aromatic heterocycles. The average molecular weight is 564 g/mol. The molecule has 0 unspecified atom stereocenters. The number of aromatic nitrogens is 2. The summed E-state index contributed by atoms with van der Waals surface area (Å²) in [5, 5.41) is 15.5. The van der Waals surface area contributed by atoms with Gasteiger partial charge in [-0.25, -0.2) is 9.97 Å². The molecular weight excluding hydrogens is 531 g/mol. The summed E-state index contributed by atoms with van der Waals surface area (Å²) in [6.07, 6.45) is 3.30. The highest BCUT2D eigenvalue weighted by Crippen LogP contribution is 2.43. The van der Waals surface area contributed by atoms with Gasteiger partial charge in [-0.1, -0.05) is 0 Å². The summed E-state index contributed by atoms with van der Waals surface area (Å²) in [6, 6.07) is 0.0913. The zero-order valence-electron chi connectivity index (χ0n) is 21.6. The Morgan fingerprint density at radius 1 is 1.10 bits per heavy atom. The number of thiazole rings is 1. The van der Waals surface area contributed by atoms with E-state index >= 15 is 0 Å². The summed E-state index contributed by atoms with van der Waals surface area (Å²) < 4.78 is 40.7. The van der Waals surface area contributed by atoms with Gasteiger partial charge in [0.25, 0.3) is 11.8 Å². The first-order valence-electron chi connectivity index (χ1n) is 13.7. The number of aryl methyl sites for hydroxylation is 1. The first-order valence-corrected chi connectivity index (χ1v) is 14.5. The average Bonchev–Trinajstić information content (AvgIpc) is 3.21. The van der Waals surface area contributed by atoms with E-state index in [2.05, 4.69) is 20.6 Å². The topological polar surface area (TPSA) is 107 Å². The van der Waals surface area contributed by atoms with E-state index in [0.717, 1.165) is 37.0 Å². The zero-order chi connectivity index (χ0) is 27.5. The minimum atomic E-state index is -4.38. The standard InChI is InChI=1S/C27H32F3N5O3S/c1-13-10-20(33-23(14-2-3-14)27(28,29)30)31-12-19(13)22-21(26(38)35-16-5-6-17(35)8-7-16)34-25(39-22)24(37)32-15-4-9-18(36)11-15/h10,12,14-18,23,36H,2-9,11H2,1H3,(H,31,33)(H,32,37)/t15-,16?,17?,18-,23+/m1/s1. The van der Waals surface area contributed by atoms with Crippen LogP contribution in [0.15, 0.2) is 12.3 Å². The molecule has 2 aliphatic carbocycles. The van der Waals surface area contributed by atoms with Gasteiger partial charge in [-0.15, -0.1) is 11.3 Å². The number of carbonyl (C=O) groups is 2. The number of aliphatic hydroxyl groups excluding tert-OH is 1. The first-order chi connectivity index (χ1) is 18.6. The Kier molecular flexibility index (Phi) is 6.81. The number of alkyl halides is 3.